The molecule has 0 heterocycles. The number of aliphatic hydroxyl groups is 1. The Morgan fingerprint density at radius 1 is 1.26 bits per heavy atom. The molecule has 0 aliphatic carbocycles. The molecule has 6 nitrogen and oxygen atoms in total. The Balaban J connectivity index is 2.51. The van der Waals surface area contributed by atoms with Gasteiger partial charge in [0.1, 0.15) is 5.75 Å². The second-order valence-corrected chi connectivity index (χ2v) is 6.46. The molecule has 8 heteroatoms. The molecule has 1 radical (unpaired) electrons. The second-order valence-electron chi connectivity index (χ2n) is 6.46. The van der Waals surface area contributed by atoms with Gasteiger partial charge in [0.05, 0.1) is 6.10 Å². The third kappa shape index (κ3) is 8.81. The molecule has 1 aromatic carbocycles. The van der Waals surface area contributed by atoms with E-state index in [1.165, 1.54) is 19.2 Å². The van der Waals surface area contributed by atoms with E-state index in [9.17, 15) is 23.5 Å². The molecule has 0 aliphatic rings. The fourth-order valence-electron chi connectivity index (χ4n) is 2.62. The van der Waals surface area contributed by atoms with Crippen LogP contribution in [-0.2, 0) is 16.0 Å². The fraction of sp³-hybridized carbons (Fsp3) is 0.526. The van der Waals surface area contributed by atoms with Crippen LogP contribution in [0.5, 0.6) is 5.75 Å². The van der Waals surface area contributed by atoms with Crippen molar-refractivity contribution in [1.29, 1.82) is 0 Å². The van der Waals surface area contributed by atoms with Gasteiger partial charge in [0.25, 0.3) is 0 Å². The molecule has 0 saturated heterocycles. The predicted molar refractivity (Wildman–Crippen MR) is 96.9 cm³/mol. The van der Waals surface area contributed by atoms with Crippen molar-refractivity contribution in [3.63, 3.8) is 0 Å². The van der Waals surface area contributed by atoms with E-state index in [0.29, 0.717) is 19.3 Å². The number of nitrogens with two attached hydrogens (primary N) is 1. The number of hydrogen-bond acceptors (Lipinski definition) is 4. The first-order valence-corrected chi connectivity index (χ1v) is 8.79. The molecule has 0 aromatic heterocycles. The van der Waals surface area contributed by atoms with Gasteiger partial charge in [0, 0.05) is 18.9 Å². The maximum absolute atomic E-state index is 12.1. The molecular weight excluding hydrogens is 358 g/mol. The topological polar surface area (TPSA) is 102 Å². The summed E-state index contributed by atoms with van der Waals surface area (Å²) in [5.41, 5.74) is 6.05. The van der Waals surface area contributed by atoms with Crippen molar-refractivity contribution in [3.05, 3.63) is 36.2 Å². The van der Waals surface area contributed by atoms with Gasteiger partial charge in [-0.2, -0.15) is 8.78 Å². The molecule has 27 heavy (non-hydrogen) atoms. The summed E-state index contributed by atoms with van der Waals surface area (Å²) in [6.07, 6.45) is 2.36. The maximum atomic E-state index is 12.1. The summed E-state index contributed by atoms with van der Waals surface area (Å²) in [5, 5.41) is 12.8. The minimum Gasteiger partial charge on any atom is -0.435 e. The quantitative estimate of drug-likeness (QED) is 0.512. The SMILES string of the molecule is CNC(=O)[C@H](CCC(C)C(N)=O)C[C@@H](O)[CH]Cc1ccc(OC(F)F)cc1. The number of alkyl halides is 2. The highest BCUT2D eigenvalue weighted by atomic mass is 19.3. The first-order valence-electron chi connectivity index (χ1n) is 8.79. The van der Waals surface area contributed by atoms with Gasteiger partial charge in [-0.1, -0.05) is 19.1 Å². The number of primary amides is 1. The fourth-order valence-corrected chi connectivity index (χ4v) is 2.62. The van der Waals surface area contributed by atoms with Crippen molar-refractivity contribution in [2.75, 3.05) is 7.05 Å². The number of benzene rings is 1. The normalized spacial score (nSPS) is 14.4. The van der Waals surface area contributed by atoms with Crippen molar-refractivity contribution >= 4 is 11.8 Å². The molecule has 0 saturated carbocycles. The number of rotatable bonds is 12. The van der Waals surface area contributed by atoms with Crippen molar-refractivity contribution in [2.45, 2.75) is 45.3 Å². The van der Waals surface area contributed by atoms with Gasteiger partial charge in [-0.3, -0.25) is 9.59 Å². The number of nitrogens with one attached hydrogen (secondary N) is 1. The Kier molecular flexibility index (Phi) is 9.71. The zero-order valence-electron chi connectivity index (χ0n) is 15.5. The van der Waals surface area contributed by atoms with Crippen molar-refractivity contribution in [2.24, 2.45) is 17.6 Å². The van der Waals surface area contributed by atoms with Gasteiger partial charge in [-0.25, -0.2) is 0 Å². The standard InChI is InChI=1S/C19H27F2N2O4/c1-12(17(22)25)3-7-14(18(26)23-2)11-15(24)8-4-13-5-9-16(10-6-13)27-19(20)21/h5-6,8-10,12,14-15,19,24H,3-4,7,11H2,1-2H3,(H2,22,25)(H,23,26)/t12?,14-,15+/m1/s1. The molecule has 3 atom stereocenters. The lowest BCUT2D eigenvalue weighted by Gasteiger charge is -2.20. The average Bonchev–Trinajstić information content (AvgIpc) is 2.62. The molecular formula is C19H27F2N2O4. The summed E-state index contributed by atoms with van der Waals surface area (Å²) in [6.45, 7) is -1.17. The van der Waals surface area contributed by atoms with Gasteiger partial charge in [0.15, 0.2) is 0 Å². The Hall–Kier alpha value is -2.22. The second kappa shape index (κ2) is 11.5. The molecule has 0 aliphatic heterocycles. The molecule has 0 fully saturated rings. The van der Waals surface area contributed by atoms with Crippen LogP contribution in [0.2, 0.25) is 0 Å². The van der Waals surface area contributed by atoms with Crippen molar-refractivity contribution in [3.8, 4) is 5.75 Å². The van der Waals surface area contributed by atoms with Crippen LogP contribution in [0.15, 0.2) is 24.3 Å². The van der Waals surface area contributed by atoms with E-state index in [-0.39, 0.29) is 24.0 Å². The van der Waals surface area contributed by atoms with Gasteiger partial charge in [0.2, 0.25) is 11.8 Å². The summed E-state index contributed by atoms with van der Waals surface area (Å²) in [4.78, 5) is 23.1. The van der Waals surface area contributed by atoms with Gasteiger partial charge in [-0.05, 0) is 49.8 Å². The summed E-state index contributed by atoms with van der Waals surface area (Å²) in [7, 11) is 1.52. The molecule has 0 spiro atoms. The van der Waals surface area contributed by atoms with Crippen LogP contribution in [0.3, 0.4) is 0 Å². The van der Waals surface area contributed by atoms with Crippen LogP contribution in [0.4, 0.5) is 8.78 Å². The van der Waals surface area contributed by atoms with E-state index in [4.69, 9.17) is 5.73 Å². The van der Waals surface area contributed by atoms with Crippen molar-refractivity contribution in [1.82, 2.24) is 5.32 Å². The predicted octanol–water partition coefficient (Wildman–Crippen LogP) is 2.05. The Labute approximate surface area is 158 Å². The number of carbonyl (C=O) groups is 2. The number of carbonyl (C=O) groups excluding carboxylic acids is 2. The molecule has 1 rings (SSSR count). The maximum Gasteiger partial charge on any atom is 0.387 e. The lowest BCUT2D eigenvalue weighted by Crippen LogP contribution is -2.31. The Bertz CT molecular complexity index is 596. The molecule has 0 bridgehead atoms. The minimum atomic E-state index is -2.87. The van der Waals surface area contributed by atoms with Crippen molar-refractivity contribution < 1.29 is 28.2 Å². The highest BCUT2D eigenvalue weighted by Crippen LogP contribution is 2.21. The lowest BCUT2D eigenvalue weighted by atomic mass is 9.90. The van der Waals surface area contributed by atoms with Gasteiger partial charge < -0.3 is 20.9 Å². The Morgan fingerprint density at radius 3 is 2.41 bits per heavy atom. The van der Waals surface area contributed by atoms with E-state index >= 15 is 0 Å². The summed E-state index contributed by atoms with van der Waals surface area (Å²) in [5.74, 6) is -1.33. The van der Waals surface area contributed by atoms with E-state index in [1.54, 1.807) is 25.5 Å². The zero-order valence-corrected chi connectivity index (χ0v) is 15.5. The first kappa shape index (κ1) is 22.8. The molecule has 2 amide bonds. The highest BCUT2D eigenvalue weighted by Gasteiger charge is 2.23. The van der Waals surface area contributed by atoms with E-state index in [0.717, 1.165) is 5.56 Å². The van der Waals surface area contributed by atoms with Crippen LogP contribution >= 0.6 is 0 Å². The van der Waals surface area contributed by atoms with E-state index in [1.807, 2.05) is 0 Å². The summed E-state index contributed by atoms with van der Waals surface area (Å²) >= 11 is 0. The van der Waals surface area contributed by atoms with Crippen LogP contribution in [0.1, 0.15) is 31.7 Å². The largest absolute Gasteiger partial charge is 0.435 e. The molecule has 1 unspecified atom stereocenters. The third-order valence-electron chi connectivity index (χ3n) is 4.35. The number of ether oxygens (including phenoxy) is 1. The smallest absolute Gasteiger partial charge is 0.387 e. The number of aliphatic hydroxyl groups excluding tert-OH is 1. The molecule has 4 N–H and O–H groups in total. The summed E-state index contributed by atoms with van der Waals surface area (Å²) < 4.78 is 28.5. The highest BCUT2D eigenvalue weighted by molar-refractivity contribution is 5.79. The van der Waals surface area contributed by atoms with Crippen LogP contribution in [-0.4, -0.2) is 36.7 Å². The lowest BCUT2D eigenvalue weighted by molar-refractivity contribution is -0.126. The molecule has 1 aromatic rings. The van der Waals surface area contributed by atoms with Crippen LogP contribution < -0.4 is 15.8 Å². The van der Waals surface area contributed by atoms with Crippen LogP contribution in [0, 0.1) is 18.3 Å². The monoisotopic (exact) mass is 385 g/mol. The third-order valence-corrected chi connectivity index (χ3v) is 4.35. The average molecular weight is 385 g/mol. The summed E-state index contributed by atoms with van der Waals surface area (Å²) in [6, 6.07) is 6.12. The molecule has 151 valence electrons. The Morgan fingerprint density at radius 2 is 1.89 bits per heavy atom. The minimum absolute atomic E-state index is 0.0672. The van der Waals surface area contributed by atoms with Gasteiger partial charge in [-0.15, -0.1) is 0 Å². The van der Waals surface area contributed by atoms with Gasteiger partial charge >= 0.3 is 6.61 Å². The zero-order chi connectivity index (χ0) is 20.4. The van der Waals surface area contributed by atoms with E-state index < -0.39 is 24.5 Å². The number of halogens is 2. The first-order chi connectivity index (χ1) is 12.7. The number of hydrogen-bond donors (Lipinski definition) is 3. The van der Waals surface area contributed by atoms with E-state index in [2.05, 4.69) is 10.1 Å². The number of amides is 2. The van der Waals surface area contributed by atoms with Crippen LogP contribution in [0.25, 0.3) is 0 Å².